The predicted octanol–water partition coefficient (Wildman–Crippen LogP) is 1.09. The number of unbranched alkanes of at least 4 members (excludes halogenated alkanes) is 3. The summed E-state index contributed by atoms with van der Waals surface area (Å²) in [5.41, 5.74) is 0. The summed E-state index contributed by atoms with van der Waals surface area (Å²) in [6.45, 7) is 4.60. The molecule has 31 heavy (non-hydrogen) atoms. The Morgan fingerprint density at radius 3 is 1.61 bits per heavy atom. The van der Waals surface area contributed by atoms with Gasteiger partial charge in [-0.15, -0.1) is 11.6 Å². The van der Waals surface area contributed by atoms with E-state index in [1.54, 1.807) is 0 Å². The minimum absolute atomic E-state index is 0.288. The molecule has 0 aliphatic rings. The Morgan fingerprint density at radius 2 is 1.10 bits per heavy atom. The summed E-state index contributed by atoms with van der Waals surface area (Å²) in [6.07, 6.45) is 4.45. The number of nitrogens with one attached hydrogen (secondary N) is 1. The van der Waals surface area contributed by atoms with Crippen LogP contribution in [-0.2, 0) is 38.0 Å². The molecule has 0 saturated carbocycles. The van der Waals surface area contributed by atoms with Crippen LogP contribution in [0.5, 0.6) is 0 Å². The van der Waals surface area contributed by atoms with E-state index in [1.165, 1.54) is 0 Å². The summed E-state index contributed by atoms with van der Waals surface area (Å²) in [5.74, 6) is -0.767. The Kier molecular flexibility index (Phi) is 24.4. The molecule has 0 aliphatic carbocycles. The quantitative estimate of drug-likeness (QED) is 0.149. The fraction of sp³-hybridized carbons (Fsp3) is 0.900. The minimum atomic E-state index is -1.11. The molecule has 0 spiro atoms. The van der Waals surface area contributed by atoms with E-state index >= 15 is 0 Å². The SMILES string of the molecule is O=C(O)COCC(=O)NCCOCCOCCOCCOCCOCCCCCCCl. The molecule has 0 bridgehead atoms. The highest BCUT2D eigenvalue weighted by Crippen LogP contribution is 2.01. The van der Waals surface area contributed by atoms with Gasteiger partial charge >= 0.3 is 5.97 Å². The first-order chi connectivity index (χ1) is 15.2. The average molecular weight is 472 g/mol. The number of carboxylic acids is 1. The Bertz CT molecular complexity index is 416. The number of carbonyl (C=O) groups is 2. The number of ether oxygens (including phenoxy) is 6. The van der Waals surface area contributed by atoms with Crippen LogP contribution in [-0.4, -0.2) is 109 Å². The summed E-state index contributed by atoms with van der Waals surface area (Å²) < 4.78 is 31.6. The molecule has 11 heteroatoms. The molecule has 184 valence electrons. The van der Waals surface area contributed by atoms with Crippen molar-refractivity contribution in [1.29, 1.82) is 0 Å². The van der Waals surface area contributed by atoms with Crippen LogP contribution in [0.1, 0.15) is 25.7 Å². The molecular formula is C20H38ClNO9. The van der Waals surface area contributed by atoms with Gasteiger partial charge in [-0.1, -0.05) is 12.8 Å². The van der Waals surface area contributed by atoms with Gasteiger partial charge in [-0.2, -0.15) is 0 Å². The van der Waals surface area contributed by atoms with Crippen LogP contribution in [0.25, 0.3) is 0 Å². The lowest BCUT2D eigenvalue weighted by molar-refractivity contribution is -0.143. The van der Waals surface area contributed by atoms with Crippen LogP contribution in [0.15, 0.2) is 0 Å². The predicted molar refractivity (Wildman–Crippen MR) is 115 cm³/mol. The zero-order valence-electron chi connectivity index (χ0n) is 18.3. The first-order valence-electron chi connectivity index (χ1n) is 10.7. The molecule has 0 aromatic rings. The Hall–Kier alpha value is -1.01. The Balaban J connectivity index is 3.09. The van der Waals surface area contributed by atoms with Gasteiger partial charge in [-0.3, -0.25) is 4.79 Å². The molecular weight excluding hydrogens is 434 g/mol. The number of alkyl halides is 1. The molecule has 0 unspecified atom stereocenters. The van der Waals surface area contributed by atoms with Crippen LogP contribution in [0.4, 0.5) is 0 Å². The maximum absolute atomic E-state index is 11.3. The van der Waals surface area contributed by atoms with Crippen molar-refractivity contribution in [3.63, 3.8) is 0 Å². The zero-order valence-corrected chi connectivity index (χ0v) is 19.1. The van der Waals surface area contributed by atoms with Crippen molar-refractivity contribution >= 4 is 23.5 Å². The van der Waals surface area contributed by atoms with Crippen molar-refractivity contribution in [3.05, 3.63) is 0 Å². The highest BCUT2D eigenvalue weighted by atomic mass is 35.5. The molecule has 1 amide bonds. The first kappa shape index (κ1) is 30.0. The Morgan fingerprint density at radius 1 is 0.613 bits per heavy atom. The van der Waals surface area contributed by atoms with Gasteiger partial charge in [0.2, 0.25) is 5.91 Å². The number of hydrogen-bond donors (Lipinski definition) is 2. The fourth-order valence-electron chi connectivity index (χ4n) is 2.18. The molecule has 0 aliphatic heterocycles. The molecule has 10 nitrogen and oxygen atoms in total. The van der Waals surface area contributed by atoms with Gasteiger partial charge in [0.1, 0.15) is 13.2 Å². The maximum Gasteiger partial charge on any atom is 0.329 e. The van der Waals surface area contributed by atoms with Gasteiger partial charge < -0.3 is 38.8 Å². The van der Waals surface area contributed by atoms with E-state index in [-0.39, 0.29) is 12.5 Å². The summed E-state index contributed by atoms with van der Waals surface area (Å²) in [5, 5.41) is 10.9. The standard InChI is InChI=1S/C20H38ClNO9/c21-5-3-1-2-4-7-26-9-11-28-13-15-30-16-14-29-12-10-27-8-6-22-19(23)17-31-18-20(24)25/h1-18H2,(H,22,23)(H,24,25). The van der Waals surface area contributed by atoms with Gasteiger partial charge in [-0.05, 0) is 12.8 Å². The molecule has 0 atom stereocenters. The van der Waals surface area contributed by atoms with E-state index in [4.69, 9.17) is 40.4 Å². The van der Waals surface area contributed by atoms with E-state index in [9.17, 15) is 9.59 Å². The number of carbonyl (C=O) groups excluding carboxylic acids is 1. The van der Waals surface area contributed by atoms with Crippen molar-refractivity contribution in [3.8, 4) is 0 Å². The fourth-order valence-corrected chi connectivity index (χ4v) is 2.37. The average Bonchev–Trinajstić information content (AvgIpc) is 2.74. The third kappa shape index (κ3) is 27.0. The number of carboxylic acid groups (broad SMARTS) is 1. The zero-order chi connectivity index (χ0) is 22.8. The summed E-state index contributed by atoms with van der Waals surface area (Å²) in [4.78, 5) is 21.5. The monoisotopic (exact) mass is 471 g/mol. The largest absolute Gasteiger partial charge is 0.480 e. The number of amides is 1. The van der Waals surface area contributed by atoms with Gasteiger partial charge in [0.15, 0.2) is 0 Å². The lowest BCUT2D eigenvalue weighted by atomic mass is 10.2. The normalized spacial score (nSPS) is 11.0. The van der Waals surface area contributed by atoms with Crippen LogP contribution >= 0.6 is 11.6 Å². The van der Waals surface area contributed by atoms with Gasteiger partial charge in [0.05, 0.1) is 59.5 Å². The second-order valence-corrected chi connectivity index (χ2v) is 6.78. The van der Waals surface area contributed by atoms with Crippen LogP contribution in [0.2, 0.25) is 0 Å². The topological polar surface area (TPSA) is 122 Å². The second kappa shape index (κ2) is 25.3. The summed E-state index contributed by atoms with van der Waals surface area (Å²) in [7, 11) is 0. The van der Waals surface area contributed by atoms with Crippen molar-refractivity contribution in [2.24, 2.45) is 0 Å². The molecule has 0 rings (SSSR count). The number of rotatable bonds is 25. The lowest BCUT2D eigenvalue weighted by Gasteiger charge is -2.08. The van der Waals surface area contributed by atoms with Crippen molar-refractivity contribution in [2.75, 3.05) is 91.7 Å². The molecule has 0 saturated heterocycles. The lowest BCUT2D eigenvalue weighted by Crippen LogP contribution is -2.31. The smallest absolute Gasteiger partial charge is 0.329 e. The van der Waals surface area contributed by atoms with Gasteiger partial charge in [0.25, 0.3) is 0 Å². The number of halogens is 1. The molecule has 0 heterocycles. The third-order valence-electron chi connectivity index (χ3n) is 3.69. The first-order valence-corrected chi connectivity index (χ1v) is 11.2. The van der Waals surface area contributed by atoms with E-state index in [1.807, 2.05) is 0 Å². The summed E-state index contributed by atoms with van der Waals surface area (Å²) in [6, 6.07) is 0. The minimum Gasteiger partial charge on any atom is -0.480 e. The van der Waals surface area contributed by atoms with E-state index in [0.717, 1.165) is 38.2 Å². The van der Waals surface area contributed by atoms with Crippen molar-refractivity contribution in [2.45, 2.75) is 25.7 Å². The van der Waals surface area contributed by atoms with Crippen LogP contribution in [0, 0.1) is 0 Å². The highest BCUT2D eigenvalue weighted by Gasteiger charge is 2.03. The molecule has 0 aromatic carbocycles. The molecule has 0 radical (unpaired) electrons. The summed E-state index contributed by atoms with van der Waals surface area (Å²) >= 11 is 5.62. The van der Waals surface area contributed by atoms with Crippen LogP contribution < -0.4 is 5.32 Å². The molecule has 2 N–H and O–H groups in total. The van der Waals surface area contributed by atoms with E-state index in [2.05, 4.69) is 10.1 Å². The van der Waals surface area contributed by atoms with Crippen molar-refractivity contribution in [1.82, 2.24) is 5.32 Å². The van der Waals surface area contributed by atoms with E-state index in [0.29, 0.717) is 66.0 Å². The van der Waals surface area contributed by atoms with Gasteiger partial charge in [0, 0.05) is 19.0 Å². The van der Waals surface area contributed by atoms with E-state index < -0.39 is 12.6 Å². The molecule has 0 fully saturated rings. The molecule has 0 aromatic heterocycles. The number of aliphatic carboxylic acids is 1. The second-order valence-electron chi connectivity index (χ2n) is 6.40. The van der Waals surface area contributed by atoms with Crippen LogP contribution in [0.3, 0.4) is 0 Å². The van der Waals surface area contributed by atoms with Gasteiger partial charge in [-0.25, -0.2) is 4.79 Å². The number of hydrogen-bond acceptors (Lipinski definition) is 8. The third-order valence-corrected chi connectivity index (χ3v) is 3.95. The van der Waals surface area contributed by atoms with Crippen molar-refractivity contribution < 1.29 is 43.1 Å². The highest BCUT2D eigenvalue weighted by molar-refractivity contribution is 6.17. The Labute approximate surface area is 189 Å². The maximum atomic E-state index is 11.3.